The van der Waals surface area contributed by atoms with Crippen LogP contribution in [0.1, 0.15) is 65.7 Å². The summed E-state index contributed by atoms with van der Waals surface area (Å²) in [5, 5.41) is 9.25. The van der Waals surface area contributed by atoms with Crippen LogP contribution in [0.2, 0.25) is 0 Å². The quantitative estimate of drug-likeness (QED) is 0.864. The maximum Gasteiger partial charge on any atom is 0.303 e. The molecule has 0 heterocycles. The molecule has 0 radical (unpaired) electrons. The topological polar surface area (TPSA) is 71.4 Å². The van der Waals surface area contributed by atoms with Gasteiger partial charge in [-0.2, -0.15) is 0 Å². The summed E-state index contributed by atoms with van der Waals surface area (Å²) in [5.74, 6) is 0.682. The Morgan fingerprint density at radius 1 is 1.13 bits per heavy atom. The highest BCUT2D eigenvalue weighted by Crippen LogP contribution is 2.63. The highest BCUT2D eigenvalue weighted by Gasteiger charge is 2.60. The van der Waals surface area contributed by atoms with E-state index in [2.05, 4.69) is 6.92 Å². The van der Waals surface area contributed by atoms with E-state index >= 15 is 0 Å². The second-order valence-corrected chi connectivity index (χ2v) is 8.51. The zero-order chi connectivity index (χ0) is 17.0. The maximum atomic E-state index is 12.5. The number of carboxylic acid groups (broad SMARTS) is 1. The van der Waals surface area contributed by atoms with Crippen molar-refractivity contribution in [2.45, 2.75) is 65.7 Å². The van der Waals surface area contributed by atoms with Crippen LogP contribution in [0.25, 0.3) is 0 Å². The van der Waals surface area contributed by atoms with E-state index in [1.54, 1.807) is 6.92 Å². The summed E-state index contributed by atoms with van der Waals surface area (Å²) < 4.78 is 0. The number of aliphatic carboxylic acids is 1. The van der Waals surface area contributed by atoms with Crippen molar-refractivity contribution in [3.05, 3.63) is 0 Å². The average Bonchev–Trinajstić information content (AvgIpc) is 2.77. The summed E-state index contributed by atoms with van der Waals surface area (Å²) in [4.78, 5) is 36.2. The van der Waals surface area contributed by atoms with Crippen LogP contribution in [0.15, 0.2) is 0 Å². The number of hydrogen-bond acceptors (Lipinski definition) is 3. The molecule has 0 aliphatic heterocycles. The Morgan fingerprint density at radius 3 is 2.43 bits per heavy atom. The summed E-state index contributed by atoms with van der Waals surface area (Å²) in [6.07, 6.45) is 5.23. The van der Waals surface area contributed by atoms with Crippen LogP contribution in [0.5, 0.6) is 0 Å². The lowest BCUT2D eigenvalue weighted by Gasteiger charge is -2.56. The van der Waals surface area contributed by atoms with E-state index in [-0.39, 0.29) is 29.5 Å². The molecule has 0 aromatic rings. The van der Waals surface area contributed by atoms with Gasteiger partial charge in [-0.1, -0.05) is 13.8 Å². The lowest BCUT2D eigenvalue weighted by atomic mass is 9.46. The van der Waals surface area contributed by atoms with Crippen molar-refractivity contribution in [3.63, 3.8) is 0 Å². The molecule has 3 fully saturated rings. The molecule has 0 bridgehead atoms. The van der Waals surface area contributed by atoms with Gasteiger partial charge in [0, 0.05) is 23.7 Å². The molecule has 3 aliphatic rings. The normalized spacial score (nSPS) is 46.1. The number of Topliss-reactive ketones (excluding diaryl/α,β-unsaturated/α-hetero) is 2. The minimum absolute atomic E-state index is 0.0692. The summed E-state index contributed by atoms with van der Waals surface area (Å²) in [7, 11) is 0. The van der Waals surface area contributed by atoms with Crippen molar-refractivity contribution >= 4 is 17.5 Å². The number of carboxylic acids is 1. The molecule has 0 aromatic carbocycles. The zero-order valence-corrected chi connectivity index (χ0v) is 14.4. The predicted molar refractivity (Wildman–Crippen MR) is 85.8 cm³/mol. The lowest BCUT2D eigenvalue weighted by molar-refractivity contribution is -0.154. The number of ketones is 2. The first kappa shape index (κ1) is 16.7. The zero-order valence-electron chi connectivity index (χ0n) is 14.4. The summed E-state index contributed by atoms with van der Waals surface area (Å²) >= 11 is 0. The SMILES string of the molecule is CC(=O)[C@@]1(C)C(CC(=O)O)CC[C@@H]2[C@@H]1CC[C@]1(C)C(=O)CC[C@@H]21. The Labute approximate surface area is 138 Å². The minimum Gasteiger partial charge on any atom is -0.481 e. The third-order valence-electron chi connectivity index (χ3n) is 7.79. The molecule has 128 valence electrons. The van der Waals surface area contributed by atoms with Gasteiger partial charge in [0.2, 0.25) is 0 Å². The first-order chi connectivity index (χ1) is 10.7. The van der Waals surface area contributed by atoms with Crippen LogP contribution in [0.4, 0.5) is 0 Å². The molecule has 0 spiro atoms. The number of fused-ring (bicyclic) bond motifs is 3. The van der Waals surface area contributed by atoms with Gasteiger partial charge in [0.15, 0.2) is 0 Å². The van der Waals surface area contributed by atoms with Gasteiger partial charge in [-0.15, -0.1) is 0 Å². The average molecular weight is 320 g/mol. The number of hydrogen-bond donors (Lipinski definition) is 1. The standard InChI is InChI=1S/C19H28O4/c1-11(20)19(3)12(10-17(22)23)4-5-13-14-6-7-16(21)18(14,2)9-8-15(13)19/h12-15H,4-10H2,1-3H3,(H,22,23)/t12?,13-,14-,15-,18-,19-/m0/s1. The van der Waals surface area contributed by atoms with E-state index in [0.29, 0.717) is 24.0 Å². The fraction of sp³-hybridized carbons (Fsp3) is 0.842. The first-order valence-electron chi connectivity index (χ1n) is 8.97. The maximum absolute atomic E-state index is 12.5. The highest BCUT2D eigenvalue weighted by atomic mass is 16.4. The molecule has 1 unspecified atom stereocenters. The van der Waals surface area contributed by atoms with E-state index in [1.165, 1.54) is 0 Å². The Balaban J connectivity index is 1.94. The number of rotatable bonds is 3. The number of carbonyl (C=O) groups is 3. The molecule has 1 N–H and O–H groups in total. The Kier molecular flexibility index (Phi) is 3.93. The van der Waals surface area contributed by atoms with E-state index in [9.17, 15) is 19.5 Å². The summed E-state index contributed by atoms with van der Waals surface area (Å²) in [6, 6.07) is 0. The molecule has 3 aliphatic carbocycles. The molecule has 3 rings (SSSR count). The van der Waals surface area contributed by atoms with Crippen LogP contribution in [0.3, 0.4) is 0 Å². The van der Waals surface area contributed by atoms with Crippen molar-refractivity contribution < 1.29 is 19.5 Å². The monoisotopic (exact) mass is 320 g/mol. The van der Waals surface area contributed by atoms with Crippen LogP contribution in [0, 0.1) is 34.5 Å². The number of carbonyl (C=O) groups excluding carboxylic acids is 2. The summed E-state index contributed by atoms with van der Waals surface area (Å²) in [6.45, 7) is 5.75. The van der Waals surface area contributed by atoms with Gasteiger partial charge < -0.3 is 5.11 Å². The van der Waals surface area contributed by atoms with Gasteiger partial charge >= 0.3 is 5.97 Å². The van der Waals surface area contributed by atoms with Gasteiger partial charge in [-0.25, -0.2) is 0 Å². The summed E-state index contributed by atoms with van der Waals surface area (Å²) in [5.41, 5.74) is -0.743. The Morgan fingerprint density at radius 2 is 1.83 bits per heavy atom. The molecule has 0 saturated heterocycles. The van der Waals surface area contributed by atoms with Crippen molar-refractivity contribution in [2.24, 2.45) is 34.5 Å². The van der Waals surface area contributed by atoms with Gasteiger partial charge in [0.25, 0.3) is 0 Å². The van der Waals surface area contributed by atoms with Crippen molar-refractivity contribution in [1.82, 2.24) is 0 Å². The molecule has 0 aromatic heterocycles. The van der Waals surface area contributed by atoms with Gasteiger partial charge in [-0.05, 0) is 62.7 Å². The third kappa shape index (κ3) is 2.28. The van der Waals surface area contributed by atoms with Gasteiger partial charge in [0.05, 0.1) is 0 Å². The van der Waals surface area contributed by atoms with E-state index in [1.807, 2.05) is 6.92 Å². The van der Waals surface area contributed by atoms with Crippen LogP contribution in [-0.2, 0) is 14.4 Å². The van der Waals surface area contributed by atoms with E-state index in [0.717, 1.165) is 32.1 Å². The molecule has 3 saturated carbocycles. The van der Waals surface area contributed by atoms with Gasteiger partial charge in [0.1, 0.15) is 11.6 Å². The van der Waals surface area contributed by atoms with Crippen LogP contribution < -0.4 is 0 Å². The van der Waals surface area contributed by atoms with Crippen molar-refractivity contribution in [1.29, 1.82) is 0 Å². The second-order valence-electron chi connectivity index (χ2n) is 8.51. The fourth-order valence-electron chi connectivity index (χ4n) is 6.28. The predicted octanol–water partition coefficient (Wildman–Crippen LogP) is 3.48. The molecule has 0 amide bonds. The molecule has 4 heteroatoms. The fourth-order valence-corrected chi connectivity index (χ4v) is 6.28. The lowest BCUT2D eigenvalue weighted by Crippen LogP contribution is -2.54. The second kappa shape index (κ2) is 5.42. The van der Waals surface area contributed by atoms with E-state index < -0.39 is 11.4 Å². The van der Waals surface area contributed by atoms with Crippen molar-refractivity contribution in [2.75, 3.05) is 0 Å². The molecular weight excluding hydrogens is 292 g/mol. The Hall–Kier alpha value is -1.19. The largest absolute Gasteiger partial charge is 0.481 e. The smallest absolute Gasteiger partial charge is 0.303 e. The van der Waals surface area contributed by atoms with Crippen molar-refractivity contribution in [3.8, 4) is 0 Å². The highest BCUT2D eigenvalue weighted by molar-refractivity contribution is 5.87. The Bertz CT molecular complexity index is 554. The molecular formula is C19H28O4. The third-order valence-corrected chi connectivity index (χ3v) is 7.79. The van der Waals surface area contributed by atoms with Crippen LogP contribution in [-0.4, -0.2) is 22.6 Å². The van der Waals surface area contributed by atoms with E-state index in [4.69, 9.17) is 0 Å². The molecule has 23 heavy (non-hydrogen) atoms. The van der Waals surface area contributed by atoms with Crippen LogP contribution >= 0.6 is 0 Å². The first-order valence-corrected chi connectivity index (χ1v) is 8.97. The molecule has 4 nitrogen and oxygen atoms in total. The molecule has 6 atom stereocenters. The van der Waals surface area contributed by atoms with Gasteiger partial charge in [-0.3, -0.25) is 14.4 Å². The minimum atomic E-state index is -0.808.